The molecule has 0 saturated heterocycles. The van der Waals surface area contributed by atoms with Crippen molar-refractivity contribution in [3.63, 3.8) is 0 Å². The fraction of sp³-hybridized carbons (Fsp3) is 0.571. The quantitative estimate of drug-likeness (QED) is 0.631. The largest absolute Gasteiger partial charge is 0.444 e. The standard InChI is InChI=1S/C21H32ClN5O3/c1-13(9-7-8-12-24-20(29)30-21(2,3)4)27-17-15(25-19(27)23)11-10-14(22)16(17)18(28)26(5)6/h10-11,13H,7-9,12H2,1-6H3,(H2,23,25)(H,24,29)/t13-/m1/s1. The second kappa shape index (κ2) is 9.55. The van der Waals surface area contributed by atoms with E-state index in [1.54, 1.807) is 26.2 Å². The van der Waals surface area contributed by atoms with E-state index in [0.717, 1.165) is 19.3 Å². The number of carbonyl (C=O) groups excluding carboxylic acids is 2. The van der Waals surface area contributed by atoms with E-state index >= 15 is 0 Å². The van der Waals surface area contributed by atoms with Gasteiger partial charge in [-0.05, 0) is 59.1 Å². The first-order valence-corrected chi connectivity index (χ1v) is 10.4. The molecule has 0 saturated carbocycles. The number of nitrogen functional groups attached to an aromatic ring is 1. The number of hydrogen-bond donors (Lipinski definition) is 2. The van der Waals surface area contributed by atoms with E-state index < -0.39 is 11.7 Å². The van der Waals surface area contributed by atoms with Gasteiger partial charge in [0, 0.05) is 26.7 Å². The number of benzene rings is 1. The maximum atomic E-state index is 12.7. The van der Waals surface area contributed by atoms with Gasteiger partial charge in [0.1, 0.15) is 5.60 Å². The molecule has 0 aliphatic heterocycles. The molecule has 2 rings (SSSR count). The van der Waals surface area contributed by atoms with Gasteiger partial charge < -0.3 is 25.3 Å². The van der Waals surface area contributed by atoms with Crippen LogP contribution >= 0.6 is 11.6 Å². The van der Waals surface area contributed by atoms with E-state index in [2.05, 4.69) is 10.3 Å². The van der Waals surface area contributed by atoms with Crippen LogP contribution in [0.25, 0.3) is 11.0 Å². The molecule has 9 heteroatoms. The summed E-state index contributed by atoms with van der Waals surface area (Å²) in [6.45, 7) is 8.04. The number of imidazole rings is 1. The molecule has 0 radical (unpaired) electrons. The van der Waals surface area contributed by atoms with Gasteiger partial charge in [-0.25, -0.2) is 9.78 Å². The average Bonchev–Trinajstić information content (AvgIpc) is 2.95. The second-order valence-electron chi connectivity index (χ2n) is 8.60. The lowest BCUT2D eigenvalue weighted by atomic mass is 10.1. The highest BCUT2D eigenvalue weighted by Gasteiger charge is 2.24. The van der Waals surface area contributed by atoms with Gasteiger partial charge in [-0.2, -0.15) is 0 Å². The number of ether oxygens (including phenoxy) is 1. The monoisotopic (exact) mass is 437 g/mol. The number of rotatable bonds is 7. The minimum absolute atomic E-state index is 0.00343. The molecule has 0 aliphatic carbocycles. The van der Waals surface area contributed by atoms with Crippen LogP contribution < -0.4 is 11.1 Å². The molecule has 0 fully saturated rings. The van der Waals surface area contributed by atoms with E-state index in [1.165, 1.54) is 4.90 Å². The molecule has 0 unspecified atom stereocenters. The molecule has 0 bridgehead atoms. The summed E-state index contributed by atoms with van der Waals surface area (Å²) in [5, 5.41) is 3.13. The second-order valence-corrected chi connectivity index (χ2v) is 9.01. The van der Waals surface area contributed by atoms with Crippen LogP contribution in [0.4, 0.5) is 10.7 Å². The van der Waals surface area contributed by atoms with Crippen molar-refractivity contribution in [2.75, 3.05) is 26.4 Å². The third-order valence-electron chi connectivity index (χ3n) is 4.61. The molecule has 2 aromatic rings. The molecule has 2 amide bonds. The smallest absolute Gasteiger partial charge is 0.407 e. The number of unbranched alkanes of at least 4 members (excludes halogenated alkanes) is 1. The topological polar surface area (TPSA) is 102 Å². The first kappa shape index (κ1) is 23.8. The number of halogens is 1. The fourth-order valence-corrected chi connectivity index (χ4v) is 3.49. The van der Waals surface area contributed by atoms with Crippen molar-refractivity contribution in [1.29, 1.82) is 0 Å². The van der Waals surface area contributed by atoms with Gasteiger partial charge in [-0.15, -0.1) is 0 Å². The molecular weight excluding hydrogens is 406 g/mol. The summed E-state index contributed by atoms with van der Waals surface area (Å²) in [7, 11) is 3.37. The Kier molecular flexibility index (Phi) is 7.58. The van der Waals surface area contributed by atoms with Gasteiger partial charge in [-0.3, -0.25) is 4.79 Å². The summed E-state index contributed by atoms with van der Waals surface area (Å²) >= 11 is 6.37. The number of anilines is 1. The number of fused-ring (bicyclic) bond motifs is 1. The Labute approximate surface area is 182 Å². The van der Waals surface area contributed by atoms with Gasteiger partial charge in [0.15, 0.2) is 0 Å². The van der Waals surface area contributed by atoms with Gasteiger partial charge in [-0.1, -0.05) is 11.6 Å². The van der Waals surface area contributed by atoms with Crippen LogP contribution in [0.15, 0.2) is 12.1 Å². The highest BCUT2D eigenvalue weighted by atomic mass is 35.5. The zero-order valence-corrected chi connectivity index (χ0v) is 19.3. The lowest BCUT2D eigenvalue weighted by Crippen LogP contribution is -2.33. The molecule has 30 heavy (non-hydrogen) atoms. The van der Waals surface area contributed by atoms with E-state index in [1.807, 2.05) is 32.3 Å². The molecule has 0 aliphatic rings. The lowest BCUT2D eigenvalue weighted by molar-refractivity contribution is 0.0526. The molecule has 1 atom stereocenters. The average molecular weight is 438 g/mol. The maximum Gasteiger partial charge on any atom is 0.407 e. The van der Waals surface area contributed by atoms with Crippen LogP contribution in [0.5, 0.6) is 0 Å². The van der Waals surface area contributed by atoms with Crippen molar-refractivity contribution >= 4 is 40.6 Å². The molecule has 1 aromatic heterocycles. The lowest BCUT2D eigenvalue weighted by Gasteiger charge is -2.20. The fourth-order valence-electron chi connectivity index (χ4n) is 3.25. The Bertz CT molecular complexity index is 917. The minimum Gasteiger partial charge on any atom is -0.444 e. The third kappa shape index (κ3) is 5.78. The summed E-state index contributed by atoms with van der Waals surface area (Å²) in [4.78, 5) is 30.3. The number of nitrogens with zero attached hydrogens (tertiary/aromatic N) is 3. The number of aromatic nitrogens is 2. The highest BCUT2D eigenvalue weighted by molar-refractivity contribution is 6.35. The Morgan fingerprint density at radius 3 is 2.57 bits per heavy atom. The number of hydrogen-bond acceptors (Lipinski definition) is 5. The predicted octanol–water partition coefficient (Wildman–Crippen LogP) is 4.23. The first-order valence-electron chi connectivity index (χ1n) is 10.1. The van der Waals surface area contributed by atoms with E-state index in [4.69, 9.17) is 22.1 Å². The third-order valence-corrected chi connectivity index (χ3v) is 4.92. The number of alkyl carbamates (subject to hydrolysis) is 1. The highest BCUT2D eigenvalue weighted by Crippen LogP contribution is 2.32. The van der Waals surface area contributed by atoms with Crippen LogP contribution in [0.1, 0.15) is 63.4 Å². The molecule has 1 heterocycles. The number of carbonyl (C=O) groups is 2. The van der Waals surface area contributed by atoms with Crippen molar-refractivity contribution in [3.8, 4) is 0 Å². The minimum atomic E-state index is -0.512. The molecule has 3 N–H and O–H groups in total. The van der Waals surface area contributed by atoms with E-state index in [-0.39, 0.29) is 11.9 Å². The van der Waals surface area contributed by atoms with Gasteiger partial charge in [0.25, 0.3) is 5.91 Å². The van der Waals surface area contributed by atoms with Crippen molar-refractivity contribution in [2.45, 2.75) is 58.6 Å². The van der Waals surface area contributed by atoms with E-state index in [9.17, 15) is 9.59 Å². The van der Waals surface area contributed by atoms with Crippen LogP contribution in [0, 0.1) is 0 Å². The molecule has 166 valence electrons. The summed E-state index contributed by atoms with van der Waals surface area (Å²) in [6, 6.07) is 3.45. The Morgan fingerprint density at radius 1 is 1.30 bits per heavy atom. The summed E-state index contributed by atoms with van der Waals surface area (Å²) in [5.74, 6) is 0.153. The number of nitrogens with one attached hydrogen (secondary N) is 1. The SMILES string of the molecule is C[C@H](CCCCNC(=O)OC(C)(C)C)n1c(N)nc2ccc(Cl)c(C(=O)N(C)C)c21. The Balaban J connectivity index is 2.09. The summed E-state index contributed by atoms with van der Waals surface area (Å²) < 4.78 is 7.10. The predicted molar refractivity (Wildman–Crippen MR) is 120 cm³/mol. The molecule has 0 spiro atoms. The summed E-state index contributed by atoms with van der Waals surface area (Å²) in [6.07, 6.45) is 2.03. The number of nitrogens with two attached hydrogens (primary N) is 1. The molecule has 1 aromatic carbocycles. The van der Waals surface area contributed by atoms with Gasteiger partial charge in [0.05, 0.1) is 21.6 Å². The van der Waals surface area contributed by atoms with Crippen molar-refractivity contribution < 1.29 is 14.3 Å². The number of amides is 2. The van der Waals surface area contributed by atoms with E-state index in [0.29, 0.717) is 34.1 Å². The zero-order chi connectivity index (χ0) is 22.6. The molecule has 8 nitrogen and oxygen atoms in total. The molecular formula is C21H32ClN5O3. The Morgan fingerprint density at radius 2 is 1.97 bits per heavy atom. The zero-order valence-electron chi connectivity index (χ0n) is 18.6. The van der Waals surface area contributed by atoms with Crippen LogP contribution in [0.3, 0.4) is 0 Å². The summed E-state index contributed by atoms with van der Waals surface area (Å²) in [5.41, 5.74) is 7.37. The van der Waals surface area contributed by atoms with Gasteiger partial charge >= 0.3 is 6.09 Å². The van der Waals surface area contributed by atoms with Crippen LogP contribution in [0.2, 0.25) is 5.02 Å². The van der Waals surface area contributed by atoms with Crippen molar-refractivity contribution in [3.05, 3.63) is 22.7 Å². The van der Waals surface area contributed by atoms with Crippen molar-refractivity contribution in [2.24, 2.45) is 0 Å². The maximum absolute atomic E-state index is 12.7. The van der Waals surface area contributed by atoms with Gasteiger partial charge in [0.2, 0.25) is 5.95 Å². The van der Waals surface area contributed by atoms with Crippen LogP contribution in [-0.4, -0.2) is 52.7 Å². The normalized spacial score (nSPS) is 12.6. The Hall–Kier alpha value is -2.48. The van der Waals surface area contributed by atoms with Crippen molar-refractivity contribution in [1.82, 2.24) is 19.8 Å². The first-order chi connectivity index (χ1) is 13.9. The van der Waals surface area contributed by atoms with Crippen LogP contribution in [-0.2, 0) is 4.74 Å².